The standard InChI is InChI=1S/C15H18O3/c1-3-7-14-16-11-15(2,12-17-14)18-10-13-8-5-4-6-9-13/h4-6,8-9,14H,10-12H2,1-2H3. The maximum atomic E-state index is 5.88. The fourth-order valence-corrected chi connectivity index (χ4v) is 1.71. The first kappa shape index (κ1) is 13.1. The molecule has 0 spiro atoms. The van der Waals surface area contributed by atoms with Gasteiger partial charge in [-0.2, -0.15) is 0 Å². The summed E-state index contributed by atoms with van der Waals surface area (Å²) in [5, 5.41) is 0. The average Bonchev–Trinajstić information content (AvgIpc) is 2.41. The van der Waals surface area contributed by atoms with E-state index in [2.05, 4.69) is 11.8 Å². The van der Waals surface area contributed by atoms with E-state index in [1.54, 1.807) is 6.92 Å². The van der Waals surface area contributed by atoms with Crippen molar-refractivity contribution in [2.45, 2.75) is 32.3 Å². The molecule has 2 rings (SSSR count). The fraction of sp³-hybridized carbons (Fsp3) is 0.467. The Balaban J connectivity index is 1.84. The van der Waals surface area contributed by atoms with Crippen molar-refractivity contribution in [2.24, 2.45) is 0 Å². The van der Waals surface area contributed by atoms with Gasteiger partial charge in [0, 0.05) is 0 Å². The summed E-state index contributed by atoms with van der Waals surface area (Å²) in [4.78, 5) is 0. The molecule has 0 radical (unpaired) electrons. The highest BCUT2D eigenvalue weighted by atomic mass is 16.7. The smallest absolute Gasteiger partial charge is 0.222 e. The maximum absolute atomic E-state index is 5.88. The quantitative estimate of drug-likeness (QED) is 0.766. The zero-order valence-corrected chi connectivity index (χ0v) is 10.8. The molecule has 1 aliphatic rings. The molecule has 0 amide bonds. The molecule has 1 aliphatic heterocycles. The molecule has 0 unspecified atom stereocenters. The highest BCUT2D eigenvalue weighted by Crippen LogP contribution is 2.20. The van der Waals surface area contributed by atoms with Gasteiger partial charge in [0.25, 0.3) is 0 Å². The molecular weight excluding hydrogens is 228 g/mol. The van der Waals surface area contributed by atoms with E-state index in [1.165, 1.54) is 0 Å². The molecule has 96 valence electrons. The van der Waals surface area contributed by atoms with Crippen molar-refractivity contribution < 1.29 is 14.2 Å². The second-order valence-electron chi connectivity index (χ2n) is 4.57. The zero-order chi connectivity index (χ0) is 12.8. The van der Waals surface area contributed by atoms with E-state index in [4.69, 9.17) is 14.2 Å². The Hall–Kier alpha value is -1.34. The van der Waals surface area contributed by atoms with Gasteiger partial charge in [0.1, 0.15) is 5.60 Å². The number of hydrogen-bond acceptors (Lipinski definition) is 3. The number of ether oxygens (including phenoxy) is 3. The predicted octanol–water partition coefficient (Wildman–Crippen LogP) is 2.36. The van der Waals surface area contributed by atoms with Gasteiger partial charge in [-0.15, -0.1) is 5.92 Å². The highest BCUT2D eigenvalue weighted by molar-refractivity contribution is 5.13. The maximum Gasteiger partial charge on any atom is 0.222 e. The molecule has 1 aromatic carbocycles. The van der Waals surface area contributed by atoms with Crippen LogP contribution in [0.1, 0.15) is 19.4 Å². The first-order valence-electron chi connectivity index (χ1n) is 6.05. The first-order valence-corrected chi connectivity index (χ1v) is 6.05. The van der Waals surface area contributed by atoms with Crippen molar-refractivity contribution in [2.75, 3.05) is 13.2 Å². The van der Waals surface area contributed by atoms with Crippen LogP contribution >= 0.6 is 0 Å². The van der Waals surface area contributed by atoms with Gasteiger partial charge in [0.2, 0.25) is 6.29 Å². The summed E-state index contributed by atoms with van der Waals surface area (Å²) in [6, 6.07) is 10.1. The Kier molecular flexibility index (Phi) is 4.38. The summed E-state index contributed by atoms with van der Waals surface area (Å²) in [5.74, 6) is 5.63. The minimum Gasteiger partial charge on any atom is -0.366 e. The van der Waals surface area contributed by atoms with E-state index in [9.17, 15) is 0 Å². The van der Waals surface area contributed by atoms with Crippen molar-refractivity contribution in [3.05, 3.63) is 35.9 Å². The third-order valence-corrected chi connectivity index (χ3v) is 2.77. The molecule has 0 aromatic heterocycles. The molecule has 0 aliphatic carbocycles. The summed E-state index contributed by atoms with van der Waals surface area (Å²) >= 11 is 0. The molecule has 1 aromatic rings. The van der Waals surface area contributed by atoms with Crippen LogP contribution < -0.4 is 0 Å². The van der Waals surface area contributed by atoms with E-state index < -0.39 is 11.9 Å². The topological polar surface area (TPSA) is 27.7 Å². The molecule has 0 bridgehead atoms. The van der Waals surface area contributed by atoms with Crippen molar-refractivity contribution in [3.63, 3.8) is 0 Å². The second-order valence-corrected chi connectivity index (χ2v) is 4.57. The SMILES string of the molecule is CC#CC1OCC(C)(OCc2ccccc2)CO1. The molecule has 1 fully saturated rings. The van der Waals surface area contributed by atoms with Crippen LogP contribution in [0.3, 0.4) is 0 Å². The molecule has 1 heterocycles. The normalized spacial score (nSPS) is 27.3. The Morgan fingerprint density at radius 3 is 2.56 bits per heavy atom. The van der Waals surface area contributed by atoms with Crippen molar-refractivity contribution >= 4 is 0 Å². The molecule has 3 nitrogen and oxygen atoms in total. The summed E-state index contributed by atoms with van der Waals surface area (Å²) in [6.07, 6.45) is -0.414. The molecule has 1 saturated heterocycles. The van der Waals surface area contributed by atoms with Crippen LogP contribution in [-0.4, -0.2) is 25.1 Å². The van der Waals surface area contributed by atoms with Crippen molar-refractivity contribution in [3.8, 4) is 11.8 Å². The number of rotatable bonds is 3. The van der Waals surface area contributed by atoms with Crippen molar-refractivity contribution in [1.29, 1.82) is 0 Å². The van der Waals surface area contributed by atoms with Crippen LogP contribution in [0.25, 0.3) is 0 Å². The lowest BCUT2D eigenvalue weighted by molar-refractivity contribution is -0.242. The van der Waals surface area contributed by atoms with Crippen molar-refractivity contribution in [1.82, 2.24) is 0 Å². The Labute approximate surface area is 108 Å². The van der Waals surface area contributed by atoms with E-state index >= 15 is 0 Å². The largest absolute Gasteiger partial charge is 0.366 e. The average molecular weight is 246 g/mol. The van der Waals surface area contributed by atoms with Crippen LogP contribution in [0.4, 0.5) is 0 Å². The van der Waals surface area contributed by atoms with Gasteiger partial charge in [-0.05, 0) is 25.3 Å². The number of hydrogen-bond donors (Lipinski definition) is 0. The highest BCUT2D eigenvalue weighted by Gasteiger charge is 2.33. The summed E-state index contributed by atoms with van der Waals surface area (Å²) < 4.78 is 16.9. The molecule has 0 N–H and O–H groups in total. The van der Waals surface area contributed by atoms with Gasteiger partial charge >= 0.3 is 0 Å². The summed E-state index contributed by atoms with van der Waals surface area (Å²) in [7, 11) is 0. The Bertz CT molecular complexity index is 422. The third kappa shape index (κ3) is 3.58. The van der Waals surface area contributed by atoms with Gasteiger partial charge in [0.05, 0.1) is 19.8 Å². The lowest BCUT2D eigenvalue weighted by atomic mass is 10.1. The monoisotopic (exact) mass is 246 g/mol. The number of benzene rings is 1. The molecule has 3 heteroatoms. The fourth-order valence-electron chi connectivity index (χ4n) is 1.71. The molecule has 0 atom stereocenters. The van der Waals surface area contributed by atoms with E-state index in [0.717, 1.165) is 5.56 Å². The Morgan fingerprint density at radius 1 is 1.28 bits per heavy atom. The van der Waals surface area contributed by atoms with Gasteiger partial charge in [-0.3, -0.25) is 0 Å². The lowest BCUT2D eigenvalue weighted by Crippen LogP contribution is -2.46. The Morgan fingerprint density at radius 2 is 1.94 bits per heavy atom. The third-order valence-electron chi connectivity index (χ3n) is 2.77. The minimum atomic E-state index is -0.414. The first-order chi connectivity index (χ1) is 8.72. The molecule has 18 heavy (non-hydrogen) atoms. The molecular formula is C15H18O3. The van der Waals surface area contributed by atoms with Crippen LogP contribution in [0.15, 0.2) is 30.3 Å². The molecule has 0 saturated carbocycles. The van der Waals surface area contributed by atoms with Crippen LogP contribution in [0, 0.1) is 11.8 Å². The summed E-state index contributed by atoms with van der Waals surface area (Å²) in [5.41, 5.74) is 0.746. The van der Waals surface area contributed by atoms with Gasteiger partial charge in [-0.25, -0.2) is 0 Å². The van der Waals surface area contributed by atoms with E-state index in [-0.39, 0.29) is 0 Å². The van der Waals surface area contributed by atoms with E-state index in [1.807, 2.05) is 37.3 Å². The lowest BCUT2D eigenvalue weighted by Gasteiger charge is -2.35. The predicted molar refractivity (Wildman–Crippen MR) is 68.8 cm³/mol. The van der Waals surface area contributed by atoms with Gasteiger partial charge in [-0.1, -0.05) is 30.3 Å². The van der Waals surface area contributed by atoms with Crippen LogP contribution in [0.2, 0.25) is 0 Å². The van der Waals surface area contributed by atoms with Gasteiger partial charge < -0.3 is 14.2 Å². The second kappa shape index (κ2) is 6.01. The zero-order valence-electron chi connectivity index (χ0n) is 10.8. The van der Waals surface area contributed by atoms with Crippen LogP contribution in [0.5, 0.6) is 0 Å². The summed E-state index contributed by atoms with van der Waals surface area (Å²) in [6.45, 7) is 5.32. The van der Waals surface area contributed by atoms with Gasteiger partial charge in [0.15, 0.2) is 0 Å². The van der Waals surface area contributed by atoms with E-state index in [0.29, 0.717) is 19.8 Å². The van der Waals surface area contributed by atoms with Crippen LogP contribution in [-0.2, 0) is 20.8 Å². The minimum absolute atomic E-state index is 0.401.